The van der Waals surface area contributed by atoms with E-state index in [1.54, 1.807) is 54.7 Å². The van der Waals surface area contributed by atoms with Crippen LogP contribution in [0.5, 0.6) is 0 Å². The second-order valence-corrected chi connectivity index (χ2v) is 7.11. The van der Waals surface area contributed by atoms with E-state index in [1.807, 2.05) is 5.43 Å². The number of halogens is 2. The molecule has 132 valence electrons. The summed E-state index contributed by atoms with van der Waals surface area (Å²) in [5, 5.41) is 5.18. The Labute approximate surface area is 162 Å². The summed E-state index contributed by atoms with van der Waals surface area (Å²) in [5.74, 6) is 4.40. The Bertz CT molecular complexity index is 1020. The van der Waals surface area contributed by atoms with Crippen molar-refractivity contribution in [2.75, 3.05) is 0 Å². The van der Waals surface area contributed by atoms with Gasteiger partial charge in [-0.05, 0) is 42.5 Å². The van der Waals surface area contributed by atoms with Gasteiger partial charge < -0.3 is 0 Å². The molecule has 0 bridgehead atoms. The maximum Gasteiger partial charge on any atom is 0.289 e. The van der Waals surface area contributed by atoms with Crippen LogP contribution >= 0.6 is 35.0 Å². The molecular weight excluding hydrogens is 395 g/mol. The first-order valence-electron chi connectivity index (χ1n) is 7.32. The van der Waals surface area contributed by atoms with Crippen LogP contribution in [0.4, 0.5) is 0 Å². The van der Waals surface area contributed by atoms with E-state index in [0.717, 1.165) is 4.90 Å². The number of nitrogens with zero attached hydrogens (tertiary/aromatic N) is 2. The molecule has 0 saturated carbocycles. The first-order chi connectivity index (χ1) is 12.5. The van der Waals surface area contributed by atoms with Crippen LogP contribution in [0.25, 0.3) is 5.69 Å². The Morgan fingerprint density at radius 3 is 2.50 bits per heavy atom. The first-order valence-corrected chi connectivity index (χ1v) is 8.89. The lowest BCUT2D eigenvalue weighted by atomic mass is 10.3. The van der Waals surface area contributed by atoms with Gasteiger partial charge in [0.05, 0.1) is 10.6 Å². The Hall–Kier alpha value is -2.32. The average molecular weight is 407 g/mol. The minimum absolute atomic E-state index is 0.306. The number of nitrogen functional groups attached to an aromatic ring is 1. The van der Waals surface area contributed by atoms with Gasteiger partial charge in [0.2, 0.25) is 5.43 Å². The minimum Gasteiger partial charge on any atom is -0.289 e. The van der Waals surface area contributed by atoms with E-state index in [1.165, 1.54) is 16.4 Å². The van der Waals surface area contributed by atoms with Gasteiger partial charge in [0.1, 0.15) is 0 Å². The van der Waals surface area contributed by atoms with Crippen molar-refractivity contribution < 1.29 is 4.79 Å². The van der Waals surface area contributed by atoms with Crippen molar-refractivity contribution in [3.63, 3.8) is 0 Å². The molecule has 1 amide bonds. The molecule has 1 heterocycles. The minimum atomic E-state index is -0.774. The highest BCUT2D eigenvalue weighted by Crippen LogP contribution is 2.27. The maximum absolute atomic E-state index is 12.6. The number of aromatic nitrogens is 2. The Morgan fingerprint density at radius 2 is 1.85 bits per heavy atom. The predicted octanol–water partition coefficient (Wildman–Crippen LogP) is 3.29. The molecule has 3 N–H and O–H groups in total. The normalized spacial score (nSPS) is 10.6. The fourth-order valence-electron chi connectivity index (χ4n) is 2.14. The van der Waals surface area contributed by atoms with Crippen molar-refractivity contribution in [2.24, 2.45) is 5.84 Å². The largest absolute Gasteiger partial charge is 0.289 e. The SMILES string of the molecule is NNC(=O)c1nn(-c2cccc(Cl)c2)cc(Sc2ccc(Cl)cc2)c1=O. The molecule has 0 aliphatic heterocycles. The van der Waals surface area contributed by atoms with Crippen LogP contribution in [0, 0.1) is 0 Å². The number of carbonyl (C=O) groups is 1. The van der Waals surface area contributed by atoms with Gasteiger partial charge in [-0.1, -0.05) is 41.0 Å². The van der Waals surface area contributed by atoms with Gasteiger partial charge in [-0.15, -0.1) is 0 Å². The molecule has 0 radical (unpaired) electrons. The third-order valence-electron chi connectivity index (χ3n) is 3.35. The molecule has 9 heteroatoms. The number of hydrazine groups is 1. The Balaban J connectivity index is 2.13. The second-order valence-electron chi connectivity index (χ2n) is 5.12. The highest BCUT2D eigenvalue weighted by Gasteiger charge is 2.17. The van der Waals surface area contributed by atoms with E-state index >= 15 is 0 Å². The first kappa shape index (κ1) is 18.5. The molecule has 0 saturated heterocycles. The third-order valence-corrected chi connectivity index (χ3v) is 4.85. The van der Waals surface area contributed by atoms with E-state index < -0.39 is 11.3 Å². The van der Waals surface area contributed by atoms with Crippen molar-refractivity contribution >= 4 is 40.9 Å². The van der Waals surface area contributed by atoms with Gasteiger partial charge in [0, 0.05) is 21.1 Å². The molecule has 1 aromatic heterocycles. The number of amides is 1. The van der Waals surface area contributed by atoms with E-state index in [2.05, 4.69) is 5.10 Å². The summed E-state index contributed by atoms with van der Waals surface area (Å²) in [7, 11) is 0. The van der Waals surface area contributed by atoms with Crippen molar-refractivity contribution in [3.05, 3.63) is 80.7 Å². The zero-order valence-corrected chi connectivity index (χ0v) is 15.5. The standard InChI is InChI=1S/C17H12Cl2N4O2S/c18-10-4-6-13(7-5-10)26-14-9-23(12-3-1-2-11(19)8-12)22-15(16(14)24)17(25)21-20/h1-9H,20H2,(H,21,25). The quantitative estimate of drug-likeness (QED) is 0.394. The van der Waals surface area contributed by atoms with Crippen LogP contribution in [0.1, 0.15) is 10.5 Å². The van der Waals surface area contributed by atoms with Crippen LogP contribution in [0.3, 0.4) is 0 Å². The van der Waals surface area contributed by atoms with Crippen molar-refractivity contribution in [2.45, 2.75) is 9.79 Å². The fourth-order valence-corrected chi connectivity index (χ4v) is 3.32. The molecule has 3 aromatic rings. The summed E-state index contributed by atoms with van der Waals surface area (Å²) in [6.45, 7) is 0. The fraction of sp³-hybridized carbons (Fsp3) is 0. The Kier molecular flexibility index (Phi) is 5.63. The summed E-state index contributed by atoms with van der Waals surface area (Å²) in [6.07, 6.45) is 1.54. The second kappa shape index (κ2) is 7.92. The van der Waals surface area contributed by atoms with Crippen LogP contribution in [0.15, 0.2) is 69.3 Å². The lowest BCUT2D eigenvalue weighted by Crippen LogP contribution is -2.36. The molecular formula is C17H12Cl2N4O2S. The molecule has 3 rings (SSSR count). The summed E-state index contributed by atoms with van der Waals surface area (Å²) in [4.78, 5) is 25.7. The van der Waals surface area contributed by atoms with Crippen molar-refractivity contribution in [3.8, 4) is 5.69 Å². The summed E-state index contributed by atoms with van der Waals surface area (Å²) in [5.41, 5.74) is 1.71. The van der Waals surface area contributed by atoms with E-state index in [4.69, 9.17) is 29.0 Å². The Morgan fingerprint density at radius 1 is 1.12 bits per heavy atom. The molecule has 0 atom stereocenters. The van der Waals surface area contributed by atoms with E-state index in [9.17, 15) is 9.59 Å². The molecule has 0 aliphatic carbocycles. The number of nitrogens with two attached hydrogens (primary N) is 1. The summed E-state index contributed by atoms with van der Waals surface area (Å²) < 4.78 is 1.41. The number of hydrogen-bond donors (Lipinski definition) is 2. The van der Waals surface area contributed by atoms with E-state index in [-0.39, 0.29) is 5.69 Å². The van der Waals surface area contributed by atoms with Gasteiger partial charge >= 0.3 is 0 Å². The third kappa shape index (κ3) is 4.08. The van der Waals surface area contributed by atoms with E-state index in [0.29, 0.717) is 20.6 Å². The van der Waals surface area contributed by atoms with Crippen molar-refractivity contribution in [1.82, 2.24) is 15.2 Å². The predicted molar refractivity (Wildman–Crippen MR) is 102 cm³/mol. The van der Waals surface area contributed by atoms with Gasteiger partial charge in [-0.3, -0.25) is 15.0 Å². The number of carbonyl (C=O) groups excluding carboxylic acids is 1. The number of rotatable bonds is 4. The maximum atomic E-state index is 12.6. The molecule has 2 aromatic carbocycles. The molecule has 6 nitrogen and oxygen atoms in total. The number of benzene rings is 2. The van der Waals surface area contributed by atoms with Crippen LogP contribution in [-0.2, 0) is 0 Å². The molecule has 0 aliphatic rings. The lowest BCUT2D eigenvalue weighted by Gasteiger charge is -2.10. The van der Waals surface area contributed by atoms with Gasteiger partial charge in [0.15, 0.2) is 5.69 Å². The summed E-state index contributed by atoms with van der Waals surface area (Å²) in [6, 6.07) is 13.9. The smallest absolute Gasteiger partial charge is 0.289 e. The molecule has 0 spiro atoms. The monoisotopic (exact) mass is 406 g/mol. The van der Waals surface area contributed by atoms with Crippen molar-refractivity contribution in [1.29, 1.82) is 0 Å². The highest BCUT2D eigenvalue weighted by atomic mass is 35.5. The van der Waals surface area contributed by atoms with Crippen LogP contribution in [-0.4, -0.2) is 15.7 Å². The number of hydrogen-bond acceptors (Lipinski definition) is 5. The van der Waals surface area contributed by atoms with Gasteiger partial charge in [-0.25, -0.2) is 10.5 Å². The topological polar surface area (TPSA) is 90.0 Å². The van der Waals surface area contributed by atoms with Crippen LogP contribution < -0.4 is 16.7 Å². The van der Waals surface area contributed by atoms with Crippen LogP contribution in [0.2, 0.25) is 10.0 Å². The molecule has 0 unspecified atom stereocenters. The average Bonchev–Trinajstić information content (AvgIpc) is 2.64. The highest BCUT2D eigenvalue weighted by molar-refractivity contribution is 7.99. The zero-order chi connectivity index (χ0) is 18.7. The molecule has 26 heavy (non-hydrogen) atoms. The zero-order valence-electron chi connectivity index (χ0n) is 13.1. The molecule has 0 fully saturated rings. The lowest BCUT2D eigenvalue weighted by molar-refractivity contribution is 0.0945. The van der Waals surface area contributed by atoms with Gasteiger partial charge in [0.25, 0.3) is 5.91 Å². The van der Waals surface area contributed by atoms with Gasteiger partial charge in [-0.2, -0.15) is 5.10 Å². The number of nitrogens with one attached hydrogen (secondary N) is 1. The summed E-state index contributed by atoms with van der Waals surface area (Å²) >= 11 is 13.1.